The highest BCUT2D eigenvalue weighted by Gasteiger charge is 2.36. The van der Waals surface area contributed by atoms with E-state index in [1.807, 2.05) is 30.3 Å². The van der Waals surface area contributed by atoms with Gasteiger partial charge in [0.05, 0.1) is 24.1 Å². The molecule has 1 amide bonds. The van der Waals surface area contributed by atoms with Gasteiger partial charge in [0.1, 0.15) is 0 Å². The molecule has 0 unspecified atom stereocenters. The minimum atomic E-state index is -3.39. The van der Waals surface area contributed by atoms with Crippen molar-refractivity contribution < 1.29 is 13.2 Å². The number of hydrogen-bond acceptors (Lipinski definition) is 3. The second-order valence-corrected chi connectivity index (χ2v) is 7.88. The molecular weight excluding hydrogens is 324 g/mol. The SMILES string of the molecule is CS(=O)(=O)N(c1ccccc1NC(=O)Cc1ccccc1)C1CC1. The fourth-order valence-electron chi connectivity index (χ4n) is 2.70. The van der Waals surface area contributed by atoms with Crippen LogP contribution in [-0.2, 0) is 21.2 Å². The molecule has 126 valence electrons. The molecule has 1 aliphatic carbocycles. The highest BCUT2D eigenvalue weighted by molar-refractivity contribution is 7.92. The van der Waals surface area contributed by atoms with E-state index in [2.05, 4.69) is 5.32 Å². The number of benzene rings is 2. The van der Waals surface area contributed by atoms with Gasteiger partial charge >= 0.3 is 0 Å². The predicted molar refractivity (Wildman–Crippen MR) is 95.6 cm³/mol. The van der Waals surface area contributed by atoms with Gasteiger partial charge in [-0.15, -0.1) is 0 Å². The molecular formula is C18H20N2O3S. The Kier molecular flexibility index (Phi) is 4.57. The summed E-state index contributed by atoms with van der Waals surface area (Å²) in [6, 6.07) is 16.5. The summed E-state index contributed by atoms with van der Waals surface area (Å²) in [5.41, 5.74) is 1.97. The summed E-state index contributed by atoms with van der Waals surface area (Å²) in [7, 11) is -3.39. The first-order valence-corrected chi connectivity index (χ1v) is 9.72. The standard InChI is InChI=1S/C18H20N2O3S/c1-24(22,23)20(15-11-12-15)17-10-6-5-9-16(17)19-18(21)13-14-7-3-2-4-8-14/h2-10,15H,11-13H2,1H3,(H,19,21). The van der Waals surface area contributed by atoms with Crippen molar-refractivity contribution in [2.75, 3.05) is 15.9 Å². The van der Waals surface area contributed by atoms with Crippen LogP contribution in [0.25, 0.3) is 0 Å². The topological polar surface area (TPSA) is 66.5 Å². The lowest BCUT2D eigenvalue weighted by Crippen LogP contribution is -2.33. The zero-order chi connectivity index (χ0) is 17.2. The van der Waals surface area contributed by atoms with E-state index in [1.165, 1.54) is 10.6 Å². The monoisotopic (exact) mass is 344 g/mol. The van der Waals surface area contributed by atoms with Crippen LogP contribution in [0.5, 0.6) is 0 Å². The summed E-state index contributed by atoms with van der Waals surface area (Å²) in [6.45, 7) is 0. The maximum atomic E-state index is 12.3. The first-order chi connectivity index (χ1) is 11.4. The van der Waals surface area contributed by atoms with Gasteiger partial charge in [0.2, 0.25) is 15.9 Å². The van der Waals surface area contributed by atoms with E-state index in [4.69, 9.17) is 0 Å². The molecule has 6 heteroatoms. The Balaban J connectivity index is 1.83. The van der Waals surface area contributed by atoms with Gasteiger partial charge in [-0.05, 0) is 30.5 Å². The zero-order valence-corrected chi connectivity index (χ0v) is 14.3. The van der Waals surface area contributed by atoms with Crippen LogP contribution in [0.3, 0.4) is 0 Å². The smallest absolute Gasteiger partial charge is 0.232 e. The van der Waals surface area contributed by atoms with Gasteiger partial charge in [-0.2, -0.15) is 0 Å². The lowest BCUT2D eigenvalue weighted by molar-refractivity contribution is -0.115. The van der Waals surface area contributed by atoms with E-state index in [-0.39, 0.29) is 18.4 Å². The van der Waals surface area contributed by atoms with Gasteiger partial charge in [-0.25, -0.2) is 8.42 Å². The summed E-state index contributed by atoms with van der Waals surface area (Å²) in [5, 5.41) is 2.85. The number of hydrogen-bond donors (Lipinski definition) is 1. The molecule has 0 aromatic heterocycles. The van der Waals surface area contributed by atoms with E-state index in [0.29, 0.717) is 11.4 Å². The fraction of sp³-hybridized carbons (Fsp3) is 0.278. The normalized spacial score (nSPS) is 14.2. The van der Waals surface area contributed by atoms with Gasteiger partial charge < -0.3 is 5.32 Å². The number of carbonyl (C=O) groups excluding carboxylic acids is 1. The van der Waals surface area contributed by atoms with Crippen molar-refractivity contribution in [1.82, 2.24) is 0 Å². The second kappa shape index (κ2) is 6.65. The van der Waals surface area contributed by atoms with E-state index in [1.54, 1.807) is 24.3 Å². The highest BCUT2D eigenvalue weighted by atomic mass is 32.2. The molecule has 1 aliphatic rings. The van der Waals surface area contributed by atoms with Crippen LogP contribution in [0.1, 0.15) is 18.4 Å². The van der Waals surface area contributed by atoms with Crippen LogP contribution >= 0.6 is 0 Å². The molecule has 3 rings (SSSR count). The number of amides is 1. The first-order valence-electron chi connectivity index (χ1n) is 7.87. The summed E-state index contributed by atoms with van der Waals surface area (Å²) in [5.74, 6) is -0.169. The third-order valence-electron chi connectivity index (χ3n) is 3.86. The Morgan fingerprint density at radius 2 is 1.71 bits per heavy atom. The van der Waals surface area contributed by atoms with Crippen molar-refractivity contribution in [3.63, 3.8) is 0 Å². The number of rotatable bonds is 6. The molecule has 0 bridgehead atoms. The molecule has 1 fully saturated rings. The predicted octanol–water partition coefficient (Wildman–Crippen LogP) is 2.80. The zero-order valence-electron chi connectivity index (χ0n) is 13.5. The maximum Gasteiger partial charge on any atom is 0.232 e. The van der Waals surface area contributed by atoms with Crippen LogP contribution in [0.15, 0.2) is 54.6 Å². The Morgan fingerprint density at radius 1 is 1.08 bits per heavy atom. The Bertz CT molecular complexity index is 830. The molecule has 0 atom stereocenters. The van der Waals surface area contributed by atoms with Crippen LogP contribution < -0.4 is 9.62 Å². The van der Waals surface area contributed by atoms with Crippen LogP contribution in [0.4, 0.5) is 11.4 Å². The van der Waals surface area contributed by atoms with E-state index >= 15 is 0 Å². The number of anilines is 2. The molecule has 2 aromatic rings. The molecule has 0 heterocycles. The third-order valence-corrected chi connectivity index (χ3v) is 5.07. The lowest BCUT2D eigenvalue weighted by Gasteiger charge is -2.24. The van der Waals surface area contributed by atoms with Crippen molar-refractivity contribution in [1.29, 1.82) is 0 Å². The molecule has 24 heavy (non-hydrogen) atoms. The number of nitrogens with one attached hydrogen (secondary N) is 1. The van der Waals surface area contributed by atoms with Gasteiger partial charge in [0, 0.05) is 6.04 Å². The molecule has 5 nitrogen and oxygen atoms in total. The summed E-state index contributed by atoms with van der Waals surface area (Å²) >= 11 is 0. The molecule has 0 radical (unpaired) electrons. The summed E-state index contributed by atoms with van der Waals surface area (Å²) in [6.07, 6.45) is 3.14. The molecule has 0 spiro atoms. The number of para-hydroxylation sites is 2. The van der Waals surface area contributed by atoms with Gasteiger partial charge in [-0.3, -0.25) is 9.10 Å². The molecule has 1 N–H and O–H groups in total. The Morgan fingerprint density at radius 3 is 2.33 bits per heavy atom. The van der Waals surface area contributed by atoms with Crippen molar-refractivity contribution in [2.45, 2.75) is 25.3 Å². The van der Waals surface area contributed by atoms with Crippen molar-refractivity contribution in [2.24, 2.45) is 0 Å². The average Bonchev–Trinajstić information content (AvgIpc) is 3.33. The van der Waals surface area contributed by atoms with E-state index in [0.717, 1.165) is 18.4 Å². The van der Waals surface area contributed by atoms with Gasteiger partial charge in [0.15, 0.2) is 0 Å². The molecule has 1 saturated carbocycles. The average molecular weight is 344 g/mol. The maximum absolute atomic E-state index is 12.3. The van der Waals surface area contributed by atoms with Crippen molar-refractivity contribution in [3.05, 3.63) is 60.2 Å². The van der Waals surface area contributed by atoms with Gasteiger partial charge in [-0.1, -0.05) is 42.5 Å². The van der Waals surface area contributed by atoms with Crippen LogP contribution in [0, 0.1) is 0 Å². The van der Waals surface area contributed by atoms with Crippen LogP contribution in [0.2, 0.25) is 0 Å². The van der Waals surface area contributed by atoms with Gasteiger partial charge in [0.25, 0.3) is 0 Å². The Hall–Kier alpha value is -2.34. The largest absolute Gasteiger partial charge is 0.324 e. The summed E-state index contributed by atoms with van der Waals surface area (Å²) in [4.78, 5) is 12.3. The van der Waals surface area contributed by atoms with E-state index < -0.39 is 10.0 Å². The number of sulfonamides is 1. The van der Waals surface area contributed by atoms with Crippen molar-refractivity contribution in [3.8, 4) is 0 Å². The van der Waals surface area contributed by atoms with E-state index in [9.17, 15) is 13.2 Å². The third kappa shape index (κ3) is 3.94. The first kappa shape index (κ1) is 16.5. The minimum Gasteiger partial charge on any atom is -0.324 e. The molecule has 2 aromatic carbocycles. The highest BCUT2D eigenvalue weighted by Crippen LogP contribution is 2.37. The number of carbonyl (C=O) groups is 1. The van der Waals surface area contributed by atoms with Crippen molar-refractivity contribution >= 4 is 27.3 Å². The molecule has 0 aliphatic heterocycles. The van der Waals surface area contributed by atoms with Crippen LogP contribution in [-0.4, -0.2) is 26.6 Å². The molecule has 0 saturated heterocycles. The minimum absolute atomic E-state index is 0.00725. The quantitative estimate of drug-likeness (QED) is 0.876. The summed E-state index contributed by atoms with van der Waals surface area (Å²) < 4.78 is 25.7. The number of nitrogens with zero attached hydrogens (tertiary/aromatic N) is 1. The second-order valence-electron chi connectivity index (χ2n) is 6.02. The lowest BCUT2D eigenvalue weighted by atomic mass is 10.1. The fourth-order valence-corrected chi connectivity index (χ4v) is 3.97. The Labute approximate surface area is 142 Å².